The third-order valence-corrected chi connectivity index (χ3v) is 9.91. The lowest BCUT2D eigenvalue weighted by atomic mass is 9.95. The van der Waals surface area contributed by atoms with E-state index in [-0.39, 0.29) is 18.2 Å². The van der Waals surface area contributed by atoms with E-state index in [4.69, 9.17) is 39.5 Å². The SMILES string of the molecule is Cc1nnc(SCC2(C)SC3C(NC(=O)Cc4ccccc4)C(=O)N3C2C(=O)OCC(Cl)(Cl)Cl)s1. The standard InChI is InChI=1S/C21H21Cl3N4O4S3/c1-11-26-27-19(34-11)33-10-20(2)15(18(31)32-9-21(22,23)24)28-16(30)14(17(28)35-20)25-13(29)8-12-6-4-3-5-7-12/h3-7,14-15,17H,8-10H2,1-2H3,(H,25,29). The zero-order valence-corrected chi connectivity index (χ0v) is 23.3. The molecule has 14 heteroatoms. The van der Waals surface area contributed by atoms with Crippen molar-refractivity contribution in [1.29, 1.82) is 0 Å². The first kappa shape index (κ1) is 26.8. The Kier molecular flexibility index (Phi) is 8.14. The number of aryl methyl sites for hydroxylation is 1. The second-order valence-electron chi connectivity index (χ2n) is 8.28. The number of nitrogens with one attached hydrogen (secondary N) is 1. The van der Waals surface area contributed by atoms with Crippen LogP contribution in [0.5, 0.6) is 0 Å². The van der Waals surface area contributed by atoms with Crippen molar-refractivity contribution in [3.05, 3.63) is 40.9 Å². The van der Waals surface area contributed by atoms with Crippen molar-refractivity contribution in [1.82, 2.24) is 20.4 Å². The highest BCUT2D eigenvalue weighted by molar-refractivity contribution is 8.05. The summed E-state index contributed by atoms with van der Waals surface area (Å²) in [5.74, 6) is -0.826. The number of fused-ring (bicyclic) bond motifs is 1. The molecule has 2 aromatic rings. The zero-order valence-electron chi connectivity index (χ0n) is 18.6. The van der Waals surface area contributed by atoms with Crippen molar-refractivity contribution >= 4 is 87.4 Å². The molecule has 0 bridgehead atoms. The molecule has 1 aromatic carbocycles. The van der Waals surface area contributed by atoms with Crippen LogP contribution in [0.2, 0.25) is 0 Å². The number of nitrogens with zero attached hydrogens (tertiary/aromatic N) is 3. The largest absolute Gasteiger partial charge is 0.460 e. The maximum absolute atomic E-state index is 13.1. The van der Waals surface area contributed by atoms with Crippen molar-refractivity contribution in [3.8, 4) is 0 Å². The fourth-order valence-corrected chi connectivity index (χ4v) is 7.93. The van der Waals surface area contributed by atoms with Gasteiger partial charge in [0.1, 0.15) is 29.1 Å². The molecule has 4 unspecified atom stereocenters. The van der Waals surface area contributed by atoms with E-state index < -0.39 is 38.6 Å². The Morgan fingerprint density at radius 3 is 2.60 bits per heavy atom. The Hall–Kier alpha value is -1.24. The molecule has 3 heterocycles. The number of aromatic nitrogens is 2. The number of rotatable bonds is 8. The molecule has 2 aliphatic rings. The van der Waals surface area contributed by atoms with Crippen LogP contribution >= 0.6 is 69.7 Å². The van der Waals surface area contributed by atoms with E-state index >= 15 is 0 Å². The highest BCUT2D eigenvalue weighted by atomic mass is 35.6. The molecule has 2 fully saturated rings. The molecule has 8 nitrogen and oxygen atoms in total. The van der Waals surface area contributed by atoms with Gasteiger partial charge in [0.15, 0.2) is 4.34 Å². The van der Waals surface area contributed by atoms with E-state index in [0.717, 1.165) is 14.9 Å². The highest BCUT2D eigenvalue weighted by Crippen LogP contribution is 2.53. The van der Waals surface area contributed by atoms with Gasteiger partial charge in [-0.05, 0) is 19.4 Å². The van der Waals surface area contributed by atoms with Crippen LogP contribution in [-0.4, -0.2) is 71.2 Å². The number of amides is 2. The van der Waals surface area contributed by atoms with Gasteiger partial charge in [-0.15, -0.1) is 22.0 Å². The third kappa shape index (κ3) is 6.19. The number of carbonyl (C=O) groups excluding carboxylic acids is 3. The van der Waals surface area contributed by atoms with Gasteiger partial charge in [-0.25, -0.2) is 4.79 Å². The summed E-state index contributed by atoms with van der Waals surface area (Å²) in [4.78, 5) is 40.3. The molecule has 0 spiro atoms. The monoisotopic (exact) mass is 594 g/mol. The summed E-state index contributed by atoms with van der Waals surface area (Å²) in [7, 11) is 0. The number of ether oxygens (including phenoxy) is 1. The number of β-lactam (4-membered cyclic amide) rings is 1. The summed E-state index contributed by atoms with van der Waals surface area (Å²) in [6, 6.07) is 7.60. The van der Waals surface area contributed by atoms with E-state index in [9.17, 15) is 14.4 Å². The lowest BCUT2D eigenvalue weighted by Gasteiger charge is -2.44. The molecule has 0 radical (unpaired) electrons. The summed E-state index contributed by atoms with van der Waals surface area (Å²) in [5, 5.41) is 11.4. The molecule has 4 rings (SSSR count). The Morgan fingerprint density at radius 2 is 1.97 bits per heavy atom. The molecule has 0 saturated carbocycles. The average molecular weight is 596 g/mol. The predicted octanol–water partition coefficient (Wildman–Crippen LogP) is 3.62. The summed E-state index contributed by atoms with van der Waals surface area (Å²) < 4.78 is 3.51. The molecule has 1 N–H and O–H groups in total. The van der Waals surface area contributed by atoms with Crippen LogP contribution in [0.3, 0.4) is 0 Å². The van der Waals surface area contributed by atoms with Gasteiger partial charge in [0.2, 0.25) is 15.6 Å². The summed E-state index contributed by atoms with van der Waals surface area (Å²) in [5.41, 5.74) is 0.842. The molecule has 4 atom stereocenters. The van der Waals surface area contributed by atoms with Crippen LogP contribution in [0.15, 0.2) is 34.7 Å². The molecule has 1 aromatic heterocycles. The number of hydrogen-bond acceptors (Lipinski definition) is 9. The summed E-state index contributed by atoms with van der Waals surface area (Å²) in [6.07, 6.45) is 0.153. The van der Waals surface area contributed by atoms with Gasteiger partial charge in [0.05, 0.1) is 11.2 Å². The molecule has 35 heavy (non-hydrogen) atoms. The number of halogens is 3. The second kappa shape index (κ2) is 10.6. The van der Waals surface area contributed by atoms with E-state index in [2.05, 4.69) is 15.5 Å². The smallest absolute Gasteiger partial charge is 0.330 e. The minimum absolute atomic E-state index is 0.153. The zero-order chi connectivity index (χ0) is 25.4. The normalized spacial score (nSPS) is 25.7. The van der Waals surface area contributed by atoms with E-state index in [1.807, 2.05) is 44.2 Å². The van der Waals surface area contributed by atoms with Crippen molar-refractivity contribution in [3.63, 3.8) is 0 Å². The van der Waals surface area contributed by atoms with Gasteiger partial charge in [-0.3, -0.25) is 9.59 Å². The molecular weight excluding hydrogens is 575 g/mol. The maximum Gasteiger partial charge on any atom is 0.330 e. The van der Waals surface area contributed by atoms with E-state index in [0.29, 0.717) is 5.75 Å². The highest BCUT2D eigenvalue weighted by Gasteiger charge is 2.66. The number of hydrogen-bond donors (Lipinski definition) is 1. The lowest BCUT2D eigenvalue weighted by molar-refractivity contribution is -0.164. The fraction of sp³-hybridized carbons (Fsp3) is 0.476. The lowest BCUT2D eigenvalue weighted by Crippen LogP contribution is -2.71. The molecule has 2 aliphatic heterocycles. The van der Waals surface area contributed by atoms with E-state index in [1.54, 1.807) is 0 Å². The molecular formula is C21H21Cl3N4O4S3. The molecule has 0 aliphatic carbocycles. The second-order valence-corrected chi connectivity index (χ2v) is 14.8. The first-order chi connectivity index (χ1) is 16.5. The number of esters is 1. The van der Waals surface area contributed by atoms with Gasteiger partial charge in [0.25, 0.3) is 0 Å². The van der Waals surface area contributed by atoms with Gasteiger partial charge >= 0.3 is 5.97 Å². The van der Waals surface area contributed by atoms with Gasteiger partial charge in [0, 0.05) is 5.75 Å². The first-order valence-electron chi connectivity index (χ1n) is 10.5. The van der Waals surface area contributed by atoms with Crippen molar-refractivity contribution in [2.24, 2.45) is 0 Å². The number of carbonyl (C=O) groups is 3. The maximum atomic E-state index is 13.1. The van der Waals surface area contributed by atoms with Gasteiger partial charge < -0.3 is 15.0 Å². The Labute approximate surface area is 229 Å². The topological polar surface area (TPSA) is 101 Å². The van der Waals surface area contributed by atoms with Crippen molar-refractivity contribution in [2.45, 2.75) is 50.6 Å². The van der Waals surface area contributed by atoms with E-state index in [1.165, 1.54) is 39.8 Å². The van der Waals surface area contributed by atoms with Crippen molar-refractivity contribution < 1.29 is 19.1 Å². The molecule has 2 saturated heterocycles. The van der Waals surface area contributed by atoms with Crippen LogP contribution < -0.4 is 5.32 Å². The van der Waals surface area contributed by atoms with Crippen LogP contribution in [-0.2, 0) is 25.5 Å². The quantitative estimate of drug-likeness (QED) is 0.214. The number of thioether (sulfide) groups is 2. The van der Waals surface area contributed by atoms with Crippen LogP contribution in [0, 0.1) is 6.92 Å². The van der Waals surface area contributed by atoms with Gasteiger partial charge in [-0.2, -0.15) is 0 Å². The van der Waals surface area contributed by atoms with Gasteiger partial charge in [-0.1, -0.05) is 88.2 Å². The Balaban J connectivity index is 1.49. The van der Waals surface area contributed by atoms with Crippen LogP contribution in [0.25, 0.3) is 0 Å². The van der Waals surface area contributed by atoms with Crippen molar-refractivity contribution in [2.75, 3.05) is 12.4 Å². The number of alkyl halides is 3. The fourth-order valence-electron chi connectivity index (χ4n) is 3.91. The van der Waals surface area contributed by atoms with Crippen LogP contribution in [0.4, 0.5) is 0 Å². The molecule has 2 amide bonds. The third-order valence-electron chi connectivity index (χ3n) is 5.44. The first-order valence-corrected chi connectivity index (χ1v) is 14.3. The minimum atomic E-state index is -1.77. The average Bonchev–Trinajstić information content (AvgIpc) is 3.34. The van der Waals surface area contributed by atoms with Crippen LogP contribution in [0.1, 0.15) is 17.5 Å². The Morgan fingerprint density at radius 1 is 1.26 bits per heavy atom. The Bertz CT molecular complexity index is 1120. The minimum Gasteiger partial charge on any atom is -0.460 e. The molecule has 188 valence electrons. The summed E-state index contributed by atoms with van der Waals surface area (Å²) in [6.45, 7) is 3.30. The predicted molar refractivity (Wildman–Crippen MR) is 139 cm³/mol. The number of benzene rings is 1. The summed E-state index contributed by atoms with van der Waals surface area (Å²) >= 11 is 21.6.